The fourth-order valence-electron chi connectivity index (χ4n) is 1.50. The summed E-state index contributed by atoms with van der Waals surface area (Å²) in [5.74, 6) is 0. The number of rotatable bonds is 0. The first-order valence-corrected chi connectivity index (χ1v) is 7.85. The number of hydrogen-bond acceptors (Lipinski definition) is 2. The van der Waals surface area contributed by atoms with Crippen molar-refractivity contribution in [3.8, 4) is 0 Å². The molecule has 2 aliphatic rings. The van der Waals surface area contributed by atoms with Crippen molar-refractivity contribution in [3.05, 3.63) is 0 Å². The Kier molecular flexibility index (Phi) is 1.35. The second-order valence-corrected chi connectivity index (χ2v) is 9.48. The molecule has 0 aromatic rings. The SMILES string of the molecule is C[Si]1(C)CSC2=[N+]1CCN2. The molecule has 0 aromatic heterocycles. The first-order valence-electron chi connectivity index (χ1n) is 3.71. The lowest BCUT2D eigenvalue weighted by molar-refractivity contribution is -0.381. The molecule has 0 saturated carbocycles. The maximum Gasteiger partial charge on any atom is 0.291 e. The summed E-state index contributed by atoms with van der Waals surface area (Å²) in [5.41, 5.74) is 0. The number of amidine groups is 1. The van der Waals surface area contributed by atoms with Crippen LogP contribution < -0.4 is 5.32 Å². The van der Waals surface area contributed by atoms with Gasteiger partial charge in [0.25, 0.3) is 13.4 Å². The van der Waals surface area contributed by atoms with Crippen LogP contribution in [0.2, 0.25) is 13.1 Å². The zero-order chi connectivity index (χ0) is 7.19. The summed E-state index contributed by atoms with van der Waals surface area (Å²) < 4.78 is 2.61. The normalized spacial score (nSPS) is 28.6. The van der Waals surface area contributed by atoms with Crippen molar-refractivity contribution in [2.45, 2.75) is 13.1 Å². The van der Waals surface area contributed by atoms with Crippen LogP contribution in [0.25, 0.3) is 0 Å². The van der Waals surface area contributed by atoms with Crippen LogP contribution in [0.5, 0.6) is 0 Å². The van der Waals surface area contributed by atoms with E-state index in [9.17, 15) is 0 Å². The molecule has 56 valence electrons. The third kappa shape index (κ3) is 0.819. The van der Waals surface area contributed by atoms with E-state index < -0.39 is 8.24 Å². The van der Waals surface area contributed by atoms with E-state index in [1.807, 2.05) is 11.8 Å². The second-order valence-electron chi connectivity index (χ2n) is 3.48. The molecule has 2 heterocycles. The highest BCUT2D eigenvalue weighted by Crippen LogP contribution is 2.23. The number of nitrogens with zero attached hydrogens (tertiary/aromatic N) is 1. The lowest BCUT2D eigenvalue weighted by Gasteiger charge is -2.12. The summed E-state index contributed by atoms with van der Waals surface area (Å²) in [6, 6.07) is 0. The minimum Gasteiger partial charge on any atom is -0.301 e. The van der Waals surface area contributed by atoms with E-state index in [0.717, 1.165) is 0 Å². The van der Waals surface area contributed by atoms with Crippen LogP contribution in [0.15, 0.2) is 0 Å². The zero-order valence-electron chi connectivity index (χ0n) is 6.48. The standard InChI is InChI=1S/C6H12N2SSi/c1-10(2)5-9-6-7-3-4-8(6)10/h3-5H2,1-2H3/p+1. The van der Waals surface area contributed by atoms with Gasteiger partial charge in [-0.2, -0.15) is 0 Å². The largest absolute Gasteiger partial charge is 0.301 e. The van der Waals surface area contributed by atoms with E-state index in [1.54, 1.807) is 0 Å². The Labute approximate surface area is 66.8 Å². The lowest BCUT2D eigenvalue weighted by atomic mass is 10.7. The van der Waals surface area contributed by atoms with Crippen molar-refractivity contribution in [3.63, 3.8) is 0 Å². The second kappa shape index (κ2) is 2.01. The van der Waals surface area contributed by atoms with E-state index in [2.05, 4.69) is 22.7 Å². The average Bonchev–Trinajstić information content (AvgIpc) is 2.36. The van der Waals surface area contributed by atoms with Crippen LogP contribution in [0.3, 0.4) is 0 Å². The molecule has 4 heteroatoms. The first-order chi connectivity index (χ1) is 4.70. The van der Waals surface area contributed by atoms with Crippen LogP contribution >= 0.6 is 11.8 Å². The quantitative estimate of drug-likeness (QED) is 0.535. The Hall–Kier alpha value is 0.0369. The molecule has 2 nitrogen and oxygen atoms in total. The predicted molar refractivity (Wildman–Crippen MR) is 48.1 cm³/mol. The van der Waals surface area contributed by atoms with E-state index >= 15 is 0 Å². The third-order valence-electron chi connectivity index (χ3n) is 2.15. The van der Waals surface area contributed by atoms with Gasteiger partial charge >= 0.3 is 0 Å². The summed E-state index contributed by atoms with van der Waals surface area (Å²) in [5, 5.41) is 6.24. The highest BCUT2D eigenvalue weighted by Gasteiger charge is 2.43. The molecule has 0 aliphatic carbocycles. The highest BCUT2D eigenvalue weighted by molar-refractivity contribution is 8.15. The van der Waals surface area contributed by atoms with E-state index in [-0.39, 0.29) is 0 Å². The van der Waals surface area contributed by atoms with Gasteiger partial charge in [-0.3, -0.25) is 5.32 Å². The van der Waals surface area contributed by atoms with Gasteiger partial charge in [0.1, 0.15) is 13.1 Å². The van der Waals surface area contributed by atoms with Gasteiger partial charge < -0.3 is 4.24 Å². The molecule has 0 saturated heterocycles. The Morgan fingerprint density at radius 3 is 3.10 bits per heavy atom. The molecular weight excluding hydrogens is 160 g/mol. The zero-order valence-corrected chi connectivity index (χ0v) is 8.29. The molecule has 2 rings (SSSR count). The molecule has 2 aliphatic heterocycles. The van der Waals surface area contributed by atoms with Crippen molar-refractivity contribution in [2.24, 2.45) is 0 Å². The molecule has 0 bridgehead atoms. The minimum absolute atomic E-state index is 0.973. The molecule has 0 aromatic carbocycles. The number of nitrogens with one attached hydrogen (secondary N) is 1. The topological polar surface area (TPSA) is 15.0 Å². The van der Waals surface area contributed by atoms with Gasteiger partial charge in [-0.15, -0.1) is 0 Å². The number of hydrogen-bond donors (Lipinski definition) is 1. The van der Waals surface area contributed by atoms with Crippen LogP contribution in [0.1, 0.15) is 0 Å². The van der Waals surface area contributed by atoms with Gasteiger partial charge in [-0.05, 0) is 24.9 Å². The summed E-state index contributed by atoms with van der Waals surface area (Å²) >= 11 is 2.01. The highest BCUT2D eigenvalue weighted by atomic mass is 32.2. The van der Waals surface area contributed by atoms with E-state index in [4.69, 9.17) is 0 Å². The van der Waals surface area contributed by atoms with Crippen molar-refractivity contribution < 1.29 is 4.24 Å². The van der Waals surface area contributed by atoms with Crippen molar-refractivity contribution in [2.75, 3.05) is 18.5 Å². The van der Waals surface area contributed by atoms with Crippen LogP contribution in [0.4, 0.5) is 0 Å². The van der Waals surface area contributed by atoms with Gasteiger partial charge in [0, 0.05) is 5.38 Å². The van der Waals surface area contributed by atoms with Gasteiger partial charge in [0.2, 0.25) is 0 Å². The monoisotopic (exact) mass is 173 g/mol. The molecule has 0 spiro atoms. The van der Waals surface area contributed by atoms with Crippen LogP contribution in [-0.2, 0) is 0 Å². The molecular formula is C6H13N2SSi+. The van der Waals surface area contributed by atoms with Crippen LogP contribution in [-0.4, -0.2) is 36.1 Å². The smallest absolute Gasteiger partial charge is 0.291 e. The van der Waals surface area contributed by atoms with Gasteiger partial charge in [-0.1, -0.05) is 0 Å². The Morgan fingerprint density at radius 1 is 1.60 bits per heavy atom. The molecule has 0 amide bonds. The van der Waals surface area contributed by atoms with Crippen molar-refractivity contribution >= 4 is 25.2 Å². The fraction of sp³-hybridized carbons (Fsp3) is 0.833. The maximum absolute atomic E-state index is 3.41. The van der Waals surface area contributed by atoms with Gasteiger partial charge in [-0.25, -0.2) is 0 Å². The minimum atomic E-state index is -0.973. The molecule has 10 heavy (non-hydrogen) atoms. The summed E-state index contributed by atoms with van der Waals surface area (Å²) in [7, 11) is -0.973. The predicted octanol–water partition coefficient (Wildman–Crippen LogP) is 0.449. The van der Waals surface area contributed by atoms with Crippen molar-refractivity contribution in [1.82, 2.24) is 5.32 Å². The maximum atomic E-state index is 3.41. The van der Waals surface area contributed by atoms with Crippen molar-refractivity contribution in [1.29, 1.82) is 0 Å². The molecule has 0 fully saturated rings. The first kappa shape index (κ1) is 6.73. The lowest BCUT2D eigenvalue weighted by Crippen LogP contribution is -2.41. The van der Waals surface area contributed by atoms with Gasteiger partial charge in [0.05, 0.1) is 0 Å². The average molecular weight is 173 g/mol. The molecule has 0 unspecified atom stereocenters. The third-order valence-corrected chi connectivity index (χ3v) is 8.26. The van der Waals surface area contributed by atoms with E-state index in [0.29, 0.717) is 0 Å². The summed E-state index contributed by atoms with van der Waals surface area (Å²) in [6.07, 6.45) is 0. The summed E-state index contributed by atoms with van der Waals surface area (Å²) in [6.45, 7) is 7.31. The Bertz CT molecular complexity index is 200. The number of thioether (sulfide) groups is 1. The Morgan fingerprint density at radius 2 is 2.40 bits per heavy atom. The molecule has 0 radical (unpaired) electrons. The summed E-state index contributed by atoms with van der Waals surface area (Å²) in [4.78, 5) is 0. The van der Waals surface area contributed by atoms with E-state index in [1.165, 1.54) is 23.6 Å². The molecule has 1 N–H and O–H groups in total. The fourth-order valence-corrected chi connectivity index (χ4v) is 6.82. The van der Waals surface area contributed by atoms with Gasteiger partial charge in [0.15, 0.2) is 0 Å². The Balaban J connectivity index is 2.32. The molecule has 0 atom stereocenters. The van der Waals surface area contributed by atoms with Crippen LogP contribution in [0, 0.1) is 0 Å².